The molecule has 0 spiro atoms. The molecule has 0 aromatic heterocycles. The van der Waals surface area contributed by atoms with E-state index in [0.29, 0.717) is 12.7 Å². The van der Waals surface area contributed by atoms with Gasteiger partial charge in [-0.15, -0.1) is 0 Å². The van der Waals surface area contributed by atoms with E-state index < -0.39 is 0 Å². The lowest BCUT2D eigenvalue weighted by Crippen LogP contribution is -2.60. The summed E-state index contributed by atoms with van der Waals surface area (Å²) in [4.78, 5) is 10.9. The fourth-order valence-electron chi connectivity index (χ4n) is 2.77. The maximum atomic E-state index is 10.9. The van der Waals surface area contributed by atoms with E-state index in [1.165, 1.54) is 19.8 Å². The van der Waals surface area contributed by atoms with E-state index in [1.807, 2.05) is 6.92 Å². The van der Waals surface area contributed by atoms with Crippen molar-refractivity contribution in [2.24, 2.45) is 5.41 Å². The van der Waals surface area contributed by atoms with E-state index >= 15 is 0 Å². The van der Waals surface area contributed by atoms with Gasteiger partial charge in [0.25, 0.3) is 0 Å². The molecule has 0 saturated carbocycles. The molecule has 0 aliphatic carbocycles. The van der Waals surface area contributed by atoms with Crippen LogP contribution in [0.3, 0.4) is 0 Å². The Morgan fingerprint density at radius 1 is 1.44 bits per heavy atom. The highest BCUT2D eigenvalue weighted by molar-refractivity contribution is 5.65. The second-order valence-electron chi connectivity index (χ2n) is 5.78. The topological polar surface area (TPSA) is 44.8 Å². The average molecular weight is 256 g/mol. The molecule has 2 saturated heterocycles. The van der Waals surface area contributed by atoms with Crippen molar-refractivity contribution in [2.75, 3.05) is 13.2 Å². The van der Waals surface area contributed by atoms with Gasteiger partial charge < -0.3 is 14.2 Å². The van der Waals surface area contributed by atoms with Gasteiger partial charge in [0.2, 0.25) is 0 Å². The van der Waals surface area contributed by atoms with Gasteiger partial charge in [-0.25, -0.2) is 0 Å². The number of ether oxygens (including phenoxy) is 3. The van der Waals surface area contributed by atoms with E-state index in [-0.39, 0.29) is 23.6 Å². The first-order valence-electron chi connectivity index (χ1n) is 6.93. The molecule has 0 aromatic rings. The zero-order chi connectivity index (χ0) is 13.2. The highest BCUT2D eigenvalue weighted by Gasteiger charge is 2.52. The van der Waals surface area contributed by atoms with Crippen molar-refractivity contribution in [1.29, 1.82) is 0 Å². The molecule has 0 N–H and O–H groups in total. The monoisotopic (exact) mass is 256 g/mol. The van der Waals surface area contributed by atoms with Crippen molar-refractivity contribution >= 4 is 5.97 Å². The molecule has 4 atom stereocenters. The molecular formula is C14H24O4. The van der Waals surface area contributed by atoms with Gasteiger partial charge in [-0.05, 0) is 26.2 Å². The molecular weight excluding hydrogens is 232 g/mol. The van der Waals surface area contributed by atoms with Crippen LogP contribution in [0.1, 0.15) is 46.5 Å². The van der Waals surface area contributed by atoms with Gasteiger partial charge in [0.15, 0.2) is 0 Å². The molecule has 2 aliphatic heterocycles. The minimum atomic E-state index is -0.219. The van der Waals surface area contributed by atoms with Crippen LogP contribution < -0.4 is 0 Å². The van der Waals surface area contributed by atoms with E-state index in [9.17, 15) is 4.79 Å². The van der Waals surface area contributed by atoms with Crippen LogP contribution in [0, 0.1) is 5.41 Å². The number of hydrogen-bond acceptors (Lipinski definition) is 4. The third-order valence-electron chi connectivity index (χ3n) is 4.37. The Kier molecular flexibility index (Phi) is 4.28. The van der Waals surface area contributed by atoms with Crippen molar-refractivity contribution in [3.63, 3.8) is 0 Å². The first-order chi connectivity index (χ1) is 8.52. The molecule has 0 radical (unpaired) electrons. The molecule has 4 nitrogen and oxygen atoms in total. The van der Waals surface area contributed by atoms with Crippen LogP contribution in [-0.4, -0.2) is 37.5 Å². The Hall–Kier alpha value is -0.610. The quantitative estimate of drug-likeness (QED) is 0.724. The van der Waals surface area contributed by atoms with E-state index in [4.69, 9.17) is 14.2 Å². The number of carbonyl (C=O) groups excluding carboxylic acids is 1. The average Bonchev–Trinajstić information content (AvgIpc) is 2.36. The van der Waals surface area contributed by atoms with Crippen LogP contribution in [0.5, 0.6) is 0 Å². The van der Waals surface area contributed by atoms with Gasteiger partial charge in [-0.2, -0.15) is 0 Å². The van der Waals surface area contributed by atoms with Gasteiger partial charge in [0.05, 0.1) is 23.7 Å². The SMILES string of the molecule is CC(=O)OCC1(C)C(C)OC1CC1CCCCO1. The molecule has 0 bridgehead atoms. The molecule has 0 aromatic carbocycles. The first-order valence-corrected chi connectivity index (χ1v) is 6.93. The highest BCUT2D eigenvalue weighted by atomic mass is 16.6. The van der Waals surface area contributed by atoms with Gasteiger partial charge in [-0.1, -0.05) is 6.92 Å². The predicted molar refractivity (Wildman–Crippen MR) is 67.3 cm³/mol. The number of rotatable bonds is 4. The summed E-state index contributed by atoms with van der Waals surface area (Å²) in [5.41, 5.74) is -0.0630. The molecule has 2 fully saturated rings. The minimum absolute atomic E-state index is 0.0630. The lowest BCUT2D eigenvalue weighted by atomic mass is 9.72. The largest absolute Gasteiger partial charge is 0.465 e. The second kappa shape index (κ2) is 5.57. The van der Waals surface area contributed by atoms with Crippen molar-refractivity contribution in [2.45, 2.75) is 64.8 Å². The smallest absolute Gasteiger partial charge is 0.302 e. The molecule has 4 heteroatoms. The third kappa shape index (κ3) is 2.86. The van der Waals surface area contributed by atoms with Crippen LogP contribution in [0.15, 0.2) is 0 Å². The Bertz CT molecular complexity index is 298. The Labute approximate surface area is 109 Å². The van der Waals surface area contributed by atoms with Crippen LogP contribution in [0.4, 0.5) is 0 Å². The molecule has 2 rings (SSSR count). The second-order valence-corrected chi connectivity index (χ2v) is 5.78. The maximum Gasteiger partial charge on any atom is 0.302 e. The summed E-state index contributed by atoms with van der Waals surface area (Å²) in [7, 11) is 0. The van der Waals surface area contributed by atoms with Crippen LogP contribution >= 0.6 is 0 Å². The Morgan fingerprint density at radius 2 is 2.22 bits per heavy atom. The number of esters is 1. The first kappa shape index (κ1) is 13.8. The van der Waals surface area contributed by atoms with Gasteiger partial charge >= 0.3 is 5.97 Å². The summed E-state index contributed by atoms with van der Waals surface area (Å²) in [6.45, 7) is 6.95. The normalized spacial score (nSPS) is 40.1. The lowest BCUT2D eigenvalue weighted by Gasteiger charge is -2.53. The number of carbonyl (C=O) groups is 1. The number of hydrogen-bond donors (Lipinski definition) is 0. The van der Waals surface area contributed by atoms with Crippen molar-refractivity contribution in [3.05, 3.63) is 0 Å². The summed E-state index contributed by atoms with van der Waals surface area (Å²) in [6, 6.07) is 0. The molecule has 18 heavy (non-hydrogen) atoms. The fourth-order valence-corrected chi connectivity index (χ4v) is 2.77. The lowest BCUT2D eigenvalue weighted by molar-refractivity contribution is -0.261. The molecule has 104 valence electrons. The molecule has 2 heterocycles. The predicted octanol–water partition coefficient (Wildman–Crippen LogP) is 2.30. The zero-order valence-corrected chi connectivity index (χ0v) is 11.6. The van der Waals surface area contributed by atoms with Crippen LogP contribution in [-0.2, 0) is 19.0 Å². The van der Waals surface area contributed by atoms with E-state index in [2.05, 4.69) is 6.92 Å². The summed E-state index contributed by atoms with van der Waals surface area (Å²) in [5.74, 6) is -0.219. The van der Waals surface area contributed by atoms with Crippen molar-refractivity contribution < 1.29 is 19.0 Å². The zero-order valence-electron chi connectivity index (χ0n) is 11.6. The fraction of sp³-hybridized carbons (Fsp3) is 0.929. The summed E-state index contributed by atoms with van der Waals surface area (Å²) >= 11 is 0. The highest BCUT2D eigenvalue weighted by Crippen LogP contribution is 2.44. The standard InChI is InChI=1S/C14H24O4/c1-10-14(3,9-17-11(2)15)13(18-10)8-12-6-4-5-7-16-12/h10,12-13H,4-9H2,1-3H3. The molecule has 0 amide bonds. The van der Waals surface area contributed by atoms with Crippen molar-refractivity contribution in [1.82, 2.24) is 0 Å². The summed E-state index contributed by atoms with van der Waals surface area (Å²) in [6.07, 6.45) is 5.06. The van der Waals surface area contributed by atoms with Crippen LogP contribution in [0.2, 0.25) is 0 Å². The maximum absolute atomic E-state index is 10.9. The Balaban J connectivity index is 1.85. The summed E-state index contributed by atoms with van der Waals surface area (Å²) in [5, 5.41) is 0. The molecule has 4 unspecified atom stereocenters. The van der Waals surface area contributed by atoms with Gasteiger partial charge in [0.1, 0.15) is 6.61 Å². The molecule has 2 aliphatic rings. The summed E-state index contributed by atoms with van der Waals surface area (Å²) < 4.78 is 16.7. The minimum Gasteiger partial charge on any atom is -0.465 e. The van der Waals surface area contributed by atoms with E-state index in [0.717, 1.165) is 19.4 Å². The van der Waals surface area contributed by atoms with Crippen LogP contribution in [0.25, 0.3) is 0 Å². The van der Waals surface area contributed by atoms with Gasteiger partial charge in [0, 0.05) is 20.0 Å². The Morgan fingerprint density at radius 3 is 2.78 bits per heavy atom. The van der Waals surface area contributed by atoms with Gasteiger partial charge in [-0.3, -0.25) is 4.79 Å². The third-order valence-corrected chi connectivity index (χ3v) is 4.37. The van der Waals surface area contributed by atoms with Crippen molar-refractivity contribution in [3.8, 4) is 0 Å². The van der Waals surface area contributed by atoms with E-state index in [1.54, 1.807) is 0 Å².